The summed E-state index contributed by atoms with van der Waals surface area (Å²) >= 11 is 0. The van der Waals surface area contributed by atoms with Crippen LogP contribution in [-0.4, -0.2) is 27.4 Å². The second-order valence-corrected chi connectivity index (χ2v) is 6.81. The smallest absolute Gasteiger partial charge is 0.119 e. The topological polar surface area (TPSA) is 47.3 Å². The molecule has 2 aromatic carbocycles. The fourth-order valence-corrected chi connectivity index (χ4v) is 3.22. The largest absolute Gasteiger partial charge is 0.491 e. The molecule has 1 heterocycles. The lowest BCUT2D eigenvalue weighted by molar-refractivity contribution is 0.0927. The molecule has 1 fully saturated rings. The Kier molecular flexibility index (Phi) is 4.45. The molecule has 4 nitrogen and oxygen atoms in total. The van der Waals surface area contributed by atoms with Gasteiger partial charge in [-0.3, -0.25) is 0 Å². The Morgan fingerprint density at radius 3 is 2.64 bits per heavy atom. The maximum Gasteiger partial charge on any atom is 0.119 e. The number of aromatic nitrogens is 2. The molecule has 0 unspecified atom stereocenters. The van der Waals surface area contributed by atoms with Crippen molar-refractivity contribution in [2.24, 2.45) is 0 Å². The molecule has 1 aliphatic carbocycles. The lowest BCUT2D eigenvalue weighted by Gasteiger charge is -2.16. The van der Waals surface area contributed by atoms with E-state index in [4.69, 9.17) is 9.72 Å². The third-order valence-corrected chi connectivity index (χ3v) is 4.79. The van der Waals surface area contributed by atoms with Crippen molar-refractivity contribution in [3.8, 4) is 5.75 Å². The summed E-state index contributed by atoms with van der Waals surface area (Å²) in [5.74, 6) is 2.45. The minimum Gasteiger partial charge on any atom is -0.491 e. The molecule has 3 aromatic rings. The summed E-state index contributed by atoms with van der Waals surface area (Å²) in [6, 6.07) is 16.2. The molecule has 4 rings (SSSR count). The van der Waals surface area contributed by atoms with Gasteiger partial charge < -0.3 is 14.4 Å². The Morgan fingerprint density at radius 2 is 1.92 bits per heavy atom. The van der Waals surface area contributed by atoms with E-state index in [1.807, 2.05) is 30.3 Å². The standard InChI is InChI=1S/C21H24N2O2/c1-2-15-7-11-18(12-8-15)25-14-17(24)13-23-20-6-4-3-5-19(20)22-21(23)16-9-10-16/h3-8,11-12,16-17,24H,2,9-10,13-14H2,1H3/t17-/m0/s1. The van der Waals surface area contributed by atoms with Crippen LogP contribution in [0.4, 0.5) is 0 Å². The zero-order chi connectivity index (χ0) is 17.2. The Labute approximate surface area is 148 Å². The first-order valence-corrected chi connectivity index (χ1v) is 9.09. The molecule has 4 heteroatoms. The minimum absolute atomic E-state index is 0.280. The number of nitrogens with zero attached hydrogens (tertiary/aromatic N) is 2. The van der Waals surface area contributed by atoms with Crippen molar-refractivity contribution < 1.29 is 9.84 Å². The van der Waals surface area contributed by atoms with Crippen LogP contribution in [0.25, 0.3) is 11.0 Å². The average Bonchev–Trinajstić information content (AvgIpc) is 3.43. The molecule has 0 amide bonds. The number of imidazole rings is 1. The molecule has 1 atom stereocenters. The quantitative estimate of drug-likeness (QED) is 0.711. The van der Waals surface area contributed by atoms with E-state index in [1.165, 1.54) is 18.4 Å². The number of aliphatic hydroxyl groups is 1. The number of aliphatic hydroxyl groups excluding tert-OH is 1. The molecule has 0 bridgehead atoms. The molecule has 1 aliphatic rings. The Bertz CT molecular complexity index is 850. The molecule has 0 aliphatic heterocycles. The van der Waals surface area contributed by atoms with Crippen molar-refractivity contribution in [3.05, 3.63) is 59.9 Å². The number of fused-ring (bicyclic) bond motifs is 1. The van der Waals surface area contributed by atoms with Crippen molar-refractivity contribution in [1.82, 2.24) is 9.55 Å². The van der Waals surface area contributed by atoms with Gasteiger partial charge in [0, 0.05) is 5.92 Å². The first-order valence-electron chi connectivity index (χ1n) is 9.09. The summed E-state index contributed by atoms with van der Waals surface area (Å²) in [6.07, 6.45) is 2.83. The SMILES string of the molecule is CCc1ccc(OC[C@@H](O)Cn2c(C3CC3)nc3ccccc32)cc1. The highest BCUT2D eigenvalue weighted by atomic mass is 16.5. The number of aryl methyl sites for hydroxylation is 1. The number of rotatable bonds is 7. The fraction of sp³-hybridized carbons (Fsp3) is 0.381. The van der Waals surface area contributed by atoms with Gasteiger partial charge in [0.05, 0.1) is 17.6 Å². The highest BCUT2D eigenvalue weighted by molar-refractivity contribution is 5.76. The first kappa shape index (κ1) is 16.2. The molecule has 1 N–H and O–H groups in total. The van der Waals surface area contributed by atoms with Crippen molar-refractivity contribution >= 4 is 11.0 Å². The first-order chi connectivity index (χ1) is 12.2. The maximum absolute atomic E-state index is 10.5. The van der Waals surface area contributed by atoms with Crippen LogP contribution in [0.5, 0.6) is 5.75 Å². The van der Waals surface area contributed by atoms with E-state index >= 15 is 0 Å². The van der Waals surface area contributed by atoms with Crippen LogP contribution in [0, 0.1) is 0 Å². The van der Waals surface area contributed by atoms with Gasteiger partial charge in [-0.2, -0.15) is 0 Å². The second kappa shape index (κ2) is 6.89. The molecular formula is C21H24N2O2. The number of ether oxygens (including phenoxy) is 1. The number of hydrogen-bond acceptors (Lipinski definition) is 3. The van der Waals surface area contributed by atoms with E-state index in [1.54, 1.807) is 0 Å². The van der Waals surface area contributed by atoms with E-state index in [0.29, 0.717) is 12.5 Å². The van der Waals surface area contributed by atoms with Crippen LogP contribution >= 0.6 is 0 Å². The summed E-state index contributed by atoms with van der Waals surface area (Å²) < 4.78 is 7.93. The predicted octanol–water partition coefficient (Wildman–Crippen LogP) is 3.92. The summed E-state index contributed by atoms with van der Waals surface area (Å²) in [7, 11) is 0. The molecule has 130 valence electrons. The lowest BCUT2D eigenvalue weighted by Crippen LogP contribution is -2.24. The average molecular weight is 336 g/mol. The molecular weight excluding hydrogens is 312 g/mol. The Hall–Kier alpha value is -2.33. The van der Waals surface area contributed by atoms with Crippen LogP contribution in [0.2, 0.25) is 0 Å². The maximum atomic E-state index is 10.5. The van der Waals surface area contributed by atoms with Crippen molar-refractivity contribution in [2.75, 3.05) is 6.61 Å². The van der Waals surface area contributed by atoms with E-state index in [-0.39, 0.29) is 6.61 Å². The summed E-state index contributed by atoms with van der Waals surface area (Å²) in [5, 5.41) is 10.5. The summed E-state index contributed by atoms with van der Waals surface area (Å²) in [5.41, 5.74) is 3.38. The van der Waals surface area contributed by atoms with E-state index < -0.39 is 6.10 Å². The second-order valence-electron chi connectivity index (χ2n) is 6.81. The van der Waals surface area contributed by atoms with Gasteiger partial charge >= 0.3 is 0 Å². The van der Waals surface area contributed by atoms with Gasteiger partial charge in [0.1, 0.15) is 24.3 Å². The summed E-state index contributed by atoms with van der Waals surface area (Å²) in [4.78, 5) is 4.78. The van der Waals surface area contributed by atoms with Gasteiger partial charge in [0.2, 0.25) is 0 Å². The highest BCUT2D eigenvalue weighted by Gasteiger charge is 2.30. The van der Waals surface area contributed by atoms with Gasteiger partial charge in [-0.15, -0.1) is 0 Å². The van der Waals surface area contributed by atoms with Crippen LogP contribution in [0.1, 0.15) is 37.1 Å². The van der Waals surface area contributed by atoms with Gasteiger partial charge in [0.25, 0.3) is 0 Å². The third-order valence-electron chi connectivity index (χ3n) is 4.79. The van der Waals surface area contributed by atoms with Crippen LogP contribution in [0.3, 0.4) is 0 Å². The highest BCUT2D eigenvalue weighted by Crippen LogP contribution is 2.40. The molecule has 1 aromatic heterocycles. The molecule has 0 spiro atoms. The van der Waals surface area contributed by atoms with Gasteiger partial charge in [-0.1, -0.05) is 31.2 Å². The minimum atomic E-state index is -0.569. The van der Waals surface area contributed by atoms with Gasteiger partial charge in [0.15, 0.2) is 0 Å². The number of hydrogen-bond donors (Lipinski definition) is 1. The molecule has 25 heavy (non-hydrogen) atoms. The lowest BCUT2D eigenvalue weighted by atomic mass is 10.2. The summed E-state index contributed by atoms with van der Waals surface area (Å²) in [6.45, 7) is 2.92. The van der Waals surface area contributed by atoms with Gasteiger partial charge in [-0.05, 0) is 49.1 Å². The normalized spacial score (nSPS) is 15.4. The van der Waals surface area contributed by atoms with Crippen molar-refractivity contribution in [2.45, 2.75) is 44.8 Å². The van der Waals surface area contributed by atoms with Crippen LogP contribution in [-0.2, 0) is 13.0 Å². The Balaban J connectivity index is 1.46. The van der Waals surface area contributed by atoms with Gasteiger partial charge in [-0.25, -0.2) is 4.98 Å². The van der Waals surface area contributed by atoms with E-state index in [2.05, 4.69) is 29.7 Å². The fourth-order valence-electron chi connectivity index (χ4n) is 3.22. The van der Waals surface area contributed by atoms with Crippen LogP contribution in [0.15, 0.2) is 48.5 Å². The zero-order valence-corrected chi connectivity index (χ0v) is 14.6. The Morgan fingerprint density at radius 1 is 1.16 bits per heavy atom. The predicted molar refractivity (Wildman–Crippen MR) is 99.0 cm³/mol. The molecule has 0 saturated heterocycles. The third kappa shape index (κ3) is 3.54. The molecule has 0 radical (unpaired) electrons. The zero-order valence-electron chi connectivity index (χ0n) is 14.6. The number of benzene rings is 2. The monoisotopic (exact) mass is 336 g/mol. The number of para-hydroxylation sites is 2. The van der Waals surface area contributed by atoms with E-state index in [9.17, 15) is 5.11 Å². The van der Waals surface area contributed by atoms with Crippen LogP contribution < -0.4 is 4.74 Å². The van der Waals surface area contributed by atoms with Crippen molar-refractivity contribution in [1.29, 1.82) is 0 Å². The van der Waals surface area contributed by atoms with Crippen molar-refractivity contribution in [3.63, 3.8) is 0 Å². The molecule has 1 saturated carbocycles. The van der Waals surface area contributed by atoms with E-state index in [0.717, 1.165) is 29.0 Å².